The van der Waals surface area contributed by atoms with E-state index in [1.54, 1.807) is 0 Å². The predicted octanol–water partition coefficient (Wildman–Crippen LogP) is 3.14. The van der Waals surface area contributed by atoms with Crippen molar-refractivity contribution in [1.82, 2.24) is 10.2 Å². The molecule has 0 saturated carbocycles. The summed E-state index contributed by atoms with van der Waals surface area (Å²) >= 11 is 0. The third kappa shape index (κ3) is 4.45. The number of nitrogens with one attached hydrogen (secondary N) is 1. The molecule has 1 aromatic rings. The minimum absolute atomic E-state index is 0.415. The molecule has 0 radical (unpaired) electrons. The summed E-state index contributed by atoms with van der Waals surface area (Å²) in [5.74, 6) is 0. The summed E-state index contributed by atoms with van der Waals surface area (Å²) < 4.78 is 0. The summed E-state index contributed by atoms with van der Waals surface area (Å²) in [5, 5.41) is 3.74. The lowest BCUT2D eigenvalue weighted by Gasteiger charge is -2.38. The lowest BCUT2D eigenvalue weighted by molar-refractivity contribution is 0.134. The van der Waals surface area contributed by atoms with E-state index in [0.717, 1.165) is 6.54 Å². The fraction of sp³-hybridized carbons (Fsp3) is 0.667. The summed E-state index contributed by atoms with van der Waals surface area (Å²) in [5.41, 5.74) is 3.08. The van der Waals surface area contributed by atoms with E-state index < -0.39 is 0 Å². The smallest absolute Gasteiger partial charge is 0.0361 e. The highest BCUT2D eigenvalue weighted by atomic mass is 15.1. The third-order valence-electron chi connectivity index (χ3n) is 4.94. The first kappa shape index (κ1) is 16.3. The lowest BCUT2D eigenvalue weighted by atomic mass is 9.80. The van der Waals surface area contributed by atoms with Gasteiger partial charge in [0, 0.05) is 32.4 Å². The molecule has 1 heterocycles. The van der Waals surface area contributed by atoms with Crippen molar-refractivity contribution < 1.29 is 0 Å². The molecular formula is C18H31N3. The van der Waals surface area contributed by atoms with E-state index in [0.29, 0.717) is 11.5 Å². The zero-order valence-corrected chi connectivity index (χ0v) is 14.3. The fourth-order valence-corrected chi connectivity index (χ4v) is 2.91. The van der Waals surface area contributed by atoms with Gasteiger partial charge in [-0.2, -0.15) is 0 Å². The van der Waals surface area contributed by atoms with Crippen LogP contribution in [0.25, 0.3) is 0 Å². The van der Waals surface area contributed by atoms with E-state index in [2.05, 4.69) is 74.4 Å². The Labute approximate surface area is 130 Å². The molecule has 0 aliphatic carbocycles. The second kappa shape index (κ2) is 6.80. The number of benzene rings is 1. The highest BCUT2D eigenvalue weighted by molar-refractivity contribution is 5.46. The van der Waals surface area contributed by atoms with E-state index >= 15 is 0 Å². The molecule has 0 aromatic heterocycles. The fourth-order valence-electron chi connectivity index (χ4n) is 2.91. The van der Waals surface area contributed by atoms with Gasteiger partial charge in [-0.25, -0.2) is 0 Å². The quantitative estimate of drug-likeness (QED) is 0.898. The molecule has 1 fully saturated rings. The van der Waals surface area contributed by atoms with Crippen LogP contribution in [0.5, 0.6) is 0 Å². The first-order valence-corrected chi connectivity index (χ1v) is 8.09. The van der Waals surface area contributed by atoms with Crippen LogP contribution in [-0.4, -0.2) is 45.7 Å². The van der Waals surface area contributed by atoms with Gasteiger partial charge in [-0.15, -0.1) is 0 Å². The molecule has 3 heteroatoms. The number of piperidine rings is 1. The monoisotopic (exact) mass is 289 g/mol. The van der Waals surface area contributed by atoms with Gasteiger partial charge in [0.2, 0.25) is 0 Å². The minimum atomic E-state index is 0.415. The number of anilines is 1. The van der Waals surface area contributed by atoms with Crippen molar-refractivity contribution in [3.63, 3.8) is 0 Å². The van der Waals surface area contributed by atoms with Crippen LogP contribution in [0.3, 0.4) is 0 Å². The first-order chi connectivity index (χ1) is 9.89. The number of rotatable bonds is 5. The average Bonchev–Trinajstić information content (AvgIpc) is 2.48. The van der Waals surface area contributed by atoms with Crippen LogP contribution in [0.2, 0.25) is 0 Å². The number of hydrogen-bond acceptors (Lipinski definition) is 3. The molecule has 0 amide bonds. The number of nitrogens with zero attached hydrogens (tertiary/aromatic N) is 2. The van der Waals surface area contributed by atoms with Crippen LogP contribution >= 0.6 is 0 Å². The Morgan fingerprint density at radius 2 is 1.76 bits per heavy atom. The van der Waals surface area contributed by atoms with E-state index in [9.17, 15) is 0 Å². The van der Waals surface area contributed by atoms with E-state index in [-0.39, 0.29) is 0 Å². The van der Waals surface area contributed by atoms with E-state index in [1.807, 2.05) is 0 Å². The van der Waals surface area contributed by atoms with E-state index in [1.165, 1.54) is 37.2 Å². The maximum atomic E-state index is 3.74. The largest absolute Gasteiger partial charge is 0.378 e. The molecule has 1 saturated heterocycles. The van der Waals surface area contributed by atoms with E-state index in [4.69, 9.17) is 0 Å². The van der Waals surface area contributed by atoms with Crippen LogP contribution in [0, 0.1) is 5.41 Å². The van der Waals surface area contributed by atoms with Gasteiger partial charge in [0.1, 0.15) is 0 Å². The first-order valence-electron chi connectivity index (χ1n) is 8.09. The third-order valence-corrected chi connectivity index (χ3v) is 4.94. The zero-order valence-electron chi connectivity index (χ0n) is 14.3. The van der Waals surface area contributed by atoms with Crippen molar-refractivity contribution in [3.8, 4) is 0 Å². The summed E-state index contributed by atoms with van der Waals surface area (Å²) in [4.78, 5) is 4.58. The van der Waals surface area contributed by atoms with Crippen LogP contribution < -0.4 is 10.2 Å². The summed E-state index contributed by atoms with van der Waals surface area (Å²) in [6, 6.07) is 9.29. The van der Waals surface area contributed by atoms with Gasteiger partial charge in [-0.1, -0.05) is 19.1 Å². The molecule has 1 aliphatic heterocycles. The second-order valence-electron chi connectivity index (χ2n) is 7.20. The SMILES string of the molecule is CC(NCC1(C)CCN(C)CC1)c1ccc(N(C)C)cc1. The minimum Gasteiger partial charge on any atom is -0.378 e. The van der Waals surface area contributed by atoms with Gasteiger partial charge < -0.3 is 15.1 Å². The van der Waals surface area contributed by atoms with Gasteiger partial charge in [-0.05, 0) is 63.0 Å². The molecule has 1 aliphatic rings. The van der Waals surface area contributed by atoms with Crippen LogP contribution in [0.1, 0.15) is 38.3 Å². The van der Waals surface area contributed by atoms with Crippen molar-refractivity contribution in [2.75, 3.05) is 45.7 Å². The Balaban J connectivity index is 1.88. The summed E-state index contributed by atoms with van der Waals surface area (Å²) in [7, 11) is 6.39. The molecule has 0 bridgehead atoms. The standard InChI is InChI=1S/C18H31N3/c1-15(16-6-8-17(9-7-16)20(3)4)19-14-18(2)10-12-21(5)13-11-18/h6-9,15,19H,10-14H2,1-5H3. The lowest BCUT2D eigenvalue weighted by Crippen LogP contribution is -2.42. The maximum Gasteiger partial charge on any atom is 0.0361 e. The molecule has 2 rings (SSSR count). The van der Waals surface area contributed by atoms with Crippen molar-refractivity contribution >= 4 is 5.69 Å². The van der Waals surface area contributed by atoms with Gasteiger partial charge >= 0.3 is 0 Å². The Bertz CT molecular complexity index is 430. The van der Waals surface area contributed by atoms with Crippen molar-refractivity contribution in [2.24, 2.45) is 5.41 Å². The van der Waals surface area contributed by atoms with Crippen LogP contribution in [-0.2, 0) is 0 Å². The molecule has 1 aromatic carbocycles. The van der Waals surface area contributed by atoms with Gasteiger partial charge in [0.05, 0.1) is 0 Å². The molecule has 0 spiro atoms. The second-order valence-corrected chi connectivity index (χ2v) is 7.20. The normalized spacial score (nSPS) is 20.2. The highest BCUT2D eigenvalue weighted by Gasteiger charge is 2.28. The van der Waals surface area contributed by atoms with Crippen LogP contribution in [0.4, 0.5) is 5.69 Å². The Morgan fingerprint density at radius 3 is 2.29 bits per heavy atom. The molecule has 1 atom stereocenters. The van der Waals surface area contributed by atoms with Crippen molar-refractivity contribution in [3.05, 3.63) is 29.8 Å². The van der Waals surface area contributed by atoms with Gasteiger partial charge in [-0.3, -0.25) is 0 Å². The molecular weight excluding hydrogens is 258 g/mol. The predicted molar refractivity (Wildman–Crippen MR) is 92.0 cm³/mol. The topological polar surface area (TPSA) is 18.5 Å². The molecule has 21 heavy (non-hydrogen) atoms. The van der Waals surface area contributed by atoms with Gasteiger partial charge in [0.15, 0.2) is 0 Å². The molecule has 3 nitrogen and oxygen atoms in total. The van der Waals surface area contributed by atoms with Crippen molar-refractivity contribution in [2.45, 2.75) is 32.7 Å². The Morgan fingerprint density at radius 1 is 1.19 bits per heavy atom. The maximum absolute atomic E-state index is 3.74. The average molecular weight is 289 g/mol. The van der Waals surface area contributed by atoms with Crippen molar-refractivity contribution in [1.29, 1.82) is 0 Å². The Hall–Kier alpha value is -1.06. The molecule has 118 valence electrons. The summed E-state index contributed by atoms with van der Waals surface area (Å²) in [6.45, 7) is 8.25. The Kier molecular flexibility index (Phi) is 5.28. The molecule has 1 unspecified atom stereocenters. The number of likely N-dealkylation sites (tertiary alicyclic amines) is 1. The van der Waals surface area contributed by atoms with Crippen LogP contribution in [0.15, 0.2) is 24.3 Å². The number of hydrogen-bond donors (Lipinski definition) is 1. The molecule has 1 N–H and O–H groups in total. The van der Waals surface area contributed by atoms with Gasteiger partial charge in [0.25, 0.3) is 0 Å². The zero-order chi connectivity index (χ0) is 15.5. The summed E-state index contributed by atoms with van der Waals surface area (Å²) in [6.07, 6.45) is 2.59. The highest BCUT2D eigenvalue weighted by Crippen LogP contribution is 2.30.